The first kappa shape index (κ1) is 14.3. The third-order valence-corrected chi connectivity index (χ3v) is 3.16. The van der Waals surface area contributed by atoms with Gasteiger partial charge in [-0.25, -0.2) is 9.37 Å². The molecule has 0 aliphatic rings. The van der Waals surface area contributed by atoms with Gasteiger partial charge in [-0.3, -0.25) is 0 Å². The predicted molar refractivity (Wildman–Crippen MR) is 86.4 cm³/mol. The van der Waals surface area contributed by atoms with Gasteiger partial charge in [0.15, 0.2) is 5.82 Å². The average Bonchev–Trinajstić information content (AvgIpc) is 2.54. The molecule has 0 spiro atoms. The van der Waals surface area contributed by atoms with Gasteiger partial charge >= 0.3 is 0 Å². The summed E-state index contributed by atoms with van der Waals surface area (Å²) in [5, 5.41) is 6.50. The smallest absolute Gasteiger partial charge is 0.229 e. The highest BCUT2D eigenvalue weighted by molar-refractivity contribution is 6.32. The molecule has 110 valence electrons. The highest BCUT2D eigenvalue weighted by Crippen LogP contribution is 2.24. The van der Waals surface area contributed by atoms with Crippen LogP contribution in [-0.2, 0) is 0 Å². The Balaban J connectivity index is 1.82. The van der Waals surface area contributed by atoms with Gasteiger partial charge in [-0.2, -0.15) is 4.98 Å². The number of rotatable bonds is 4. The number of hydrogen-bond donors (Lipinski definition) is 2. The summed E-state index contributed by atoms with van der Waals surface area (Å²) in [5.41, 5.74) is 1.56. The fourth-order valence-corrected chi connectivity index (χ4v) is 1.97. The van der Waals surface area contributed by atoms with Gasteiger partial charge in [0.05, 0.1) is 6.20 Å². The molecule has 0 aliphatic heterocycles. The van der Waals surface area contributed by atoms with Crippen LogP contribution in [0.4, 0.5) is 27.5 Å². The van der Waals surface area contributed by atoms with E-state index >= 15 is 0 Å². The lowest BCUT2D eigenvalue weighted by molar-refractivity contribution is 0.628. The first-order valence-electron chi connectivity index (χ1n) is 6.58. The summed E-state index contributed by atoms with van der Waals surface area (Å²) >= 11 is 6.09. The van der Waals surface area contributed by atoms with Gasteiger partial charge in [0.2, 0.25) is 5.95 Å². The third-order valence-electron chi connectivity index (χ3n) is 2.88. The summed E-state index contributed by atoms with van der Waals surface area (Å²) in [4.78, 5) is 8.46. The predicted octanol–water partition coefficient (Wildman–Crippen LogP) is 4.76. The monoisotopic (exact) mass is 314 g/mol. The largest absolute Gasteiger partial charge is 0.339 e. The fraction of sp³-hybridized carbons (Fsp3) is 0. The molecular weight excluding hydrogens is 303 g/mol. The molecule has 0 radical (unpaired) electrons. The lowest BCUT2D eigenvalue weighted by Gasteiger charge is -2.10. The number of para-hydroxylation sites is 1. The zero-order valence-corrected chi connectivity index (χ0v) is 12.2. The number of aromatic nitrogens is 2. The van der Waals surface area contributed by atoms with Crippen molar-refractivity contribution < 1.29 is 4.39 Å². The van der Waals surface area contributed by atoms with E-state index in [1.54, 1.807) is 12.1 Å². The average molecular weight is 315 g/mol. The van der Waals surface area contributed by atoms with Crippen molar-refractivity contribution in [2.45, 2.75) is 0 Å². The Bertz CT molecular complexity index is 763. The normalized spacial score (nSPS) is 10.3. The molecule has 0 saturated carbocycles. The first-order valence-corrected chi connectivity index (χ1v) is 6.96. The molecule has 6 heteroatoms. The lowest BCUT2D eigenvalue weighted by atomic mass is 10.3. The van der Waals surface area contributed by atoms with Crippen LogP contribution in [0.2, 0.25) is 5.02 Å². The molecule has 2 aromatic carbocycles. The van der Waals surface area contributed by atoms with Crippen LogP contribution in [0.3, 0.4) is 0 Å². The summed E-state index contributed by atoms with van der Waals surface area (Å²) in [6, 6.07) is 15.5. The SMILES string of the molecule is Fc1ccc(Nc2nc(Nc3ccccc3)ncc2Cl)cc1. The third kappa shape index (κ3) is 3.51. The van der Waals surface area contributed by atoms with E-state index in [2.05, 4.69) is 20.6 Å². The Morgan fingerprint density at radius 2 is 1.55 bits per heavy atom. The van der Waals surface area contributed by atoms with Gasteiger partial charge < -0.3 is 10.6 Å². The zero-order valence-electron chi connectivity index (χ0n) is 11.4. The zero-order chi connectivity index (χ0) is 15.4. The van der Waals surface area contributed by atoms with Crippen molar-refractivity contribution in [3.63, 3.8) is 0 Å². The first-order chi connectivity index (χ1) is 10.7. The maximum atomic E-state index is 12.9. The van der Waals surface area contributed by atoms with Crippen molar-refractivity contribution in [3.05, 3.63) is 71.6 Å². The van der Waals surface area contributed by atoms with E-state index in [4.69, 9.17) is 11.6 Å². The molecule has 3 rings (SSSR count). The van der Waals surface area contributed by atoms with E-state index < -0.39 is 0 Å². The van der Waals surface area contributed by atoms with Crippen molar-refractivity contribution in [2.75, 3.05) is 10.6 Å². The van der Waals surface area contributed by atoms with Crippen molar-refractivity contribution in [1.82, 2.24) is 9.97 Å². The summed E-state index contributed by atoms with van der Waals surface area (Å²) in [6.45, 7) is 0. The van der Waals surface area contributed by atoms with Gasteiger partial charge in [0.1, 0.15) is 10.8 Å². The number of nitrogens with zero attached hydrogens (tertiary/aromatic N) is 2. The van der Waals surface area contributed by atoms with Crippen molar-refractivity contribution >= 4 is 34.7 Å². The van der Waals surface area contributed by atoms with Crippen molar-refractivity contribution in [3.8, 4) is 0 Å². The van der Waals surface area contributed by atoms with Crippen molar-refractivity contribution in [1.29, 1.82) is 0 Å². The van der Waals surface area contributed by atoms with E-state index in [9.17, 15) is 4.39 Å². The molecule has 0 amide bonds. The fourth-order valence-electron chi connectivity index (χ4n) is 1.84. The van der Waals surface area contributed by atoms with Crippen LogP contribution in [-0.4, -0.2) is 9.97 Å². The van der Waals surface area contributed by atoms with Gasteiger partial charge in [-0.15, -0.1) is 0 Å². The molecule has 4 nitrogen and oxygen atoms in total. The summed E-state index contributed by atoms with van der Waals surface area (Å²) in [6.07, 6.45) is 1.51. The van der Waals surface area contributed by atoms with Crippen molar-refractivity contribution in [2.24, 2.45) is 0 Å². The molecule has 0 atom stereocenters. The molecule has 22 heavy (non-hydrogen) atoms. The van der Waals surface area contributed by atoms with Gasteiger partial charge in [0, 0.05) is 11.4 Å². The summed E-state index contributed by atoms with van der Waals surface area (Å²) in [7, 11) is 0. The molecular formula is C16H12ClFN4. The minimum atomic E-state index is -0.300. The maximum absolute atomic E-state index is 12.9. The minimum Gasteiger partial charge on any atom is -0.339 e. The van der Waals surface area contributed by atoms with Crippen LogP contribution in [0.5, 0.6) is 0 Å². The van der Waals surface area contributed by atoms with Crippen LogP contribution >= 0.6 is 11.6 Å². The Morgan fingerprint density at radius 1 is 0.864 bits per heavy atom. The quantitative estimate of drug-likeness (QED) is 0.729. The Morgan fingerprint density at radius 3 is 2.27 bits per heavy atom. The number of anilines is 4. The Kier molecular flexibility index (Phi) is 4.16. The molecule has 0 fully saturated rings. The second-order valence-corrected chi connectivity index (χ2v) is 4.92. The van der Waals surface area contributed by atoms with E-state index in [-0.39, 0.29) is 5.82 Å². The summed E-state index contributed by atoms with van der Waals surface area (Å²) in [5.74, 6) is 0.563. The van der Waals surface area contributed by atoms with E-state index in [0.29, 0.717) is 22.5 Å². The number of nitrogens with one attached hydrogen (secondary N) is 2. The molecule has 0 bridgehead atoms. The molecule has 0 unspecified atom stereocenters. The van der Waals surface area contributed by atoms with Crippen LogP contribution in [0, 0.1) is 5.82 Å². The van der Waals surface area contributed by atoms with Gasteiger partial charge in [0.25, 0.3) is 0 Å². The highest BCUT2D eigenvalue weighted by atomic mass is 35.5. The topological polar surface area (TPSA) is 49.8 Å². The molecule has 0 aliphatic carbocycles. The van der Waals surface area contributed by atoms with E-state index in [1.165, 1.54) is 18.3 Å². The molecule has 1 aromatic heterocycles. The van der Waals surface area contributed by atoms with Crippen LogP contribution in [0.15, 0.2) is 60.8 Å². The Hall–Kier alpha value is -2.66. The van der Waals surface area contributed by atoms with Crippen LogP contribution in [0.1, 0.15) is 0 Å². The molecule has 3 aromatic rings. The number of hydrogen-bond acceptors (Lipinski definition) is 4. The molecule has 2 N–H and O–H groups in total. The highest BCUT2D eigenvalue weighted by Gasteiger charge is 2.06. The minimum absolute atomic E-state index is 0.300. The standard InChI is InChI=1S/C16H12ClFN4/c17-14-10-19-16(21-12-4-2-1-3-5-12)22-15(14)20-13-8-6-11(18)7-9-13/h1-10H,(H2,19,20,21,22). The lowest BCUT2D eigenvalue weighted by Crippen LogP contribution is -2.01. The van der Waals surface area contributed by atoms with Crippen LogP contribution in [0.25, 0.3) is 0 Å². The number of benzene rings is 2. The number of halogens is 2. The molecule has 1 heterocycles. The summed E-state index contributed by atoms with van der Waals surface area (Å²) < 4.78 is 12.9. The van der Waals surface area contributed by atoms with Crippen LogP contribution < -0.4 is 10.6 Å². The molecule has 0 saturated heterocycles. The Labute approximate surface area is 132 Å². The van der Waals surface area contributed by atoms with Gasteiger partial charge in [-0.05, 0) is 36.4 Å². The second kappa shape index (κ2) is 6.41. The van der Waals surface area contributed by atoms with E-state index in [1.807, 2.05) is 30.3 Å². The second-order valence-electron chi connectivity index (χ2n) is 4.51. The van der Waals surface area contributed by atoms with Gasteiger partial charge in [-0.1, -0.05) is 29.8 Å². The van der Waals surface area contributed by atoms with E-state index in [0.717, 1.165) is 5.69 Å². The maximum Gasteiger partial charge on any atom is 0.229 e.